The quantitative estimate of drug-likeness (QED) is 0.616. The summed E-state index contributed by atoms with van der Waals surface area (Å²) in [4.78, 5) is 11.1. The van der Waals surface area contributed by atoms with E-state index in [-0.39, 0.29) is 18.8 Å². The SMILES string of the molecule is CCCCOCC(=O)CC(C)(C)O. The fraction of sp³-hybridized carbons (Fsp3) is 0.900. The molecular weight excluding hydrogens is 168 g/mol. The summed E-state index contributed by atoms with van der Waals surface area (Å²) >= 11 is 0. The molecule has 0 amide bonds. The van der Waals surface area contributed by atoms with Gasteiger partial charge in [-0.05, 0) is 20.3 Å². The minimum absolute atomic E-state index is 0.0383. The van der Waals surface area contributed by atoms with Crippen molar-refractivity contribution in [2.24, 2.45) is 0 Å². The molecule has 0 saturated carbocycles. The van der Waals surface area contributed by atoms with Crippen molar-refractivity contribution >= 4 is 5.78 Å². The van der Waals surface area contributed by atoms with Crippen LogP contribution < -0.4 is 0 Å². The van der Waals surface area contributed by atoms with E-state index in [0.717, 1.165) is 12.8 Å². The summed E-state index contributed by atoms with van der Waals surface area (Å²) in [7, 11) is 0. The zero-order chi connectivity index (χ0) is 10.3. The predicted octanol–water partition coefficient (Wildman–Crippen LogP) is 1.53. The highest BCUT2D eigenvalue weighted by molar-refractivity contribution is 5.80. The van der Waals surface area contributed by atoms with Gasteiger partial charge in [-0.1, -0.05) is 13.3 Å². The molecule has 0 saturated heterocycles. The standard InChI is InChI=1S/C10H20O3/c1-4-5-6-13-8-9(11)7-10(2,3)12/h12H,4-8H2,1-3H3. The third-order valence-corrected chi connectivity index (χ3v) is 1.54. The number of aliphatic hydroxyl groups is 1. The number of unbranched alkanes of at least 4 members (excludes halogenated alkanes) is 1. The van der Waals surface area contributed by atoms with Crippen molar-refractivity contribution < 1.29 is 14.6 Å². The second kappa shape index (κ2) is 6.11. The van der Waals surface area contributed by atoms with Gasteiger partial charge in [-0.25, -0.2) is 0 Å². The molecule has 0 rings (SSSR count). The molecule has 1 N–H and O–H groups in total. The first kappa shape index (κ1) is 12.6. The van der Waals surface area contributed by atoms with E-state index in [9.17, 15) is 9.90 Å². The Morgan fingerprint density at radius 2 is 2.08 bits per heavy atom. The summed E-state index contributed by atoms with van der Waals surface area (Å²) < 4.78 is 5.12. The van der Waals surface area contributed by atoms with E-state index >= 15 is 0 Å². The Morgan fingerprint density at radius 1 is 1.46 bits per heavy atom. The summed E-state index contributed by atoms with van der Waals surface area (Å²) in [6.45, 7) is 6.08. The van der Waals surface area contributed by atoms with Crippen LogP contribution in [-0.4, -0.2) is 29.7 Å². The normalized spacial score (nSPS) is 11.7. The number of rotatable bonds is 7. The molecule has 3 heteroatoms. The van der Waals surface area contributed by atoms with Gasteiger partial charge in [-0.15, -0.1) is 0 Å². The van der Waals surface area contributed by atoms with Crippen molar-refractivity contribution in [2.75, 3.05) is 13.2 Å². The van der Waals surface area contributed by atoms with E-state index in [2.05, 4.69) is 6.92 Å². The van der Waals surface area contributed by atoms with E-state index in [1.165, 1.54) is 0 Å². The van der Waals surface area contributed by atoms with Crippen molar-refractivity contribution in [1.29, 1.82) is 0 Å². The van der Waals surface area contributed by atoms with Crippen LogP contribution in [0.2, 0.25) is 0 Å². The van der Waals surface area contributed by atoms with Crippen LogP contribution in [0, 0.1) is 0 Å². The number of hydrogen-bond donors (Lipinski definition) is 1. The number of ether oxygens (including phenoxy) is 1. The maximum Gasteiger partial charge on any atom is 0.161 e. The van der Waals surface area contributed by atoms with Gasteiger partial charge in [0.2, 0.25) is 0 Å². The van der Waals surface area contributed by atoms with Gasteiger partial charge in [-0.2, -0.15) is 0 Å². The summed E-state index contributed by atoms with van der Waals surface area (Å²) in [5.74, 6) is -0.0383. The second-order valence-corrected chi connectivity index (χ2v) is 3.93. The number of Topliss-reactive ketones (excluding diaryl/α,β-unsaturated/α-hetero) is 1. The van der Waals surface area contributed by atoms with E-state index in [0.29, 0.717) is 6.61 Å². The van der Waals surface area contributed by atoms with E-state index < -0.39 is 5.60 Å². The van der Waals surface area contributed by atoms with E-state index in [1.54, 1.807) is 13.8 Å². The van der Waals surface area contributed by atoms with Gasteiger partial charge in [-0.3, -0.25) is 4.79 Å². The molecule has 0 bridgehead atoms. The third kappa shape index (κ3) is 9.50. The summed E-state index contributed by atoms with van der Waals surface area (Å²) in [5, 5.41) is 9.31. The highest BCUT2D eigenvalue weighted by atomic mass is 16.5. The molecule has 0 aliphatic heterocycles. The van der Waals surface area contributed by atoms with Crippen LogP contribution in [0.1, 0.15) is 40.0 Å². The second-order valence-electron chi connectivity index (χ2n) is 3.93. The minimum Gasteiger partial charge on any atom is -0.390 e. The fourth-order valence-corrected chi connectivity index (χ4v) is 0.966. The lowest BCUT2D eigenvalue weighted by Crippen LogP contribution is -2.25. The molecule has 0 aliphatic rings. The van der Waals surface area contributed by atoms with Crippen LogP contribution in [0.15, 0.2) is 0 Å². The first-order valence-electron chi connectivity index (χ1n) is 4.77. The molecule has 0 atom stereocenters. The highest BCUT2D eigenvalue weighted by Gasteiger charge is 2.17. The molecule has 78 valence electrons. The topological polar surface area (TPSA) is 46.5 Å². The minimum atomic E-state index is -0.912. The molecule has 3 nitrogen and oxygen atoms in total. The van der Waals surface area contributed by atoms with Gasteiger partial charge in [0.15, 0.2) is 5.78 Å². The van der Waals surface area contributed by atoms with Crippen molar-refractivity contribution in [3.8, 4) is 0 Å². The lowest BCUT2D eigenvalue weighted by Gasteiger charge is -2.15. The molecular formula is C10H20O3. The Balaban J connectivity index is 3.41. The Bertz CT molecular complexity index is 147. The molecule has 0 heterocycles. The Kier molecular flexibility index (Phi) is 5.91. The molecule has 0 fully saturated rings. The van der Waals surface area contributed by atoms with Crippen molar-refractivity contribution in [2.45, 2.75) is 45.6 Å². The van der Waals surface area contributed by atoms with E-state index in [1.807, 2.05) is 0 Å². The van der Waals surface area contributed by atoms with Crippen LogP contribution in [0.25, 0.3) is 0 Å². The van der Waals surface area contributed by atoms with Gasteiger partial charge in [0.05, 0.1) is 5.60 Å². The summed E-state index contributed by atoms with van der Waals surface area (Å²) in [6, 6.07) is 0. The van der Waals surface area contributed by atoms with Crippen LogP contribution in [0.3, 0.4) is 0 Å². The van der Waals surface area contributed by atoms with Gasteiger partial charge in [0, 0.05) is 13.0 Å². The number of carbonyl (C=O) groups excluding carboxylic acids is 1. The Labute approximate surface area is 80.1 Å². The van der Waals surface area contributed by atoms with Gasteiger partial charge in [0.1, 0.15) is 6.61 Å². The maximum absolute atomic E-state index is 11.1. The zero-order valence-corrected chi connectivity index (χ0v) is 8.80. The molecule has 0 spiro atoms. The van der Waals surface area contributed by atoms with Gasteiger partial charge >= 0.3 is 0 Å². The number of hydrogen-bond acceptors (Lipinski definition) is 3. The molecule has 0 unspecified atom stereocenters. The molecule has 0 aliphatic carbocycles. The zero-order valence-electron chi connectivity index (χ0n) is 8.80. The predicted molar refractivity (Wildman–Crippen MR) is 51.6 cm³/mol. The monoisotopic (exact) mass is 188 g/mol. The average Bonchev–Trinajstić information content (AvgIpc) is 1.94. The number of carbonyl (C=O) groups is 1. The number of ketones is 1. The maximum atomic E-state index is 11.1. The molecule has 0 aromatic heterocycles. The smallest absolute Gasteiger partial charge is 0.161 e. The van der Waals surface area contributed by atoms with Gasteiger partial charge in [0.25, 0.3) is 0 Å². The fourth-order valence-electron chi connectivity index (χ4n) is 0.966. The first-order valence-corrected chi connectivity index (χ1v) is 4.77. The Hall–Kier alpha value is -0.410. The van der Waals surface area contributed by atoms with Crippen LogP contribution >= 0.6 is 0 Å². The molecule has 0 aromatic carbocycles. The first-order chi connectivity index (χ1) is 5.95. The van der Waals surface area contributed by atoms with Crippen molar-refractivity contribution in [1.82, 2.24) is 0 Å². The Morgan fingerprint density at radius 3 is 2.54 bits per heavy atom. The molecule has 13 heavy (non-hydrogen) atoms. The lowest BCUT2D eigenvalue weighted by molar-refractivity contribution is -0.127. The third-order valence-electron chi connectivity index (χ3n) is 1.54. The van der Waals surface area contributed by atoms with Crippen LogP contribution in [0.5, 0.6) is 0 Å². The van der Waals surface area contributed by atoms with Crippen LogP contribution in [-0.2, 0) is 9.53 Å². The highest BCUT2D eigenvalue weighted by Crippen LogP contribution is 2.07. The average molecular weight is 188 g/mol. The van der Waals surface area contributed by atoms with Crippen molar-refractivity contribution in [3.05, 3.63) is 0 Å². The summed E-state index contributed by atoms with van der Waals surface area (Å²) in [5.41, 5.74) is -0.912. The van der Waals surface area contributed by atoms with E-state index in [4.69, 9.17) is 4.74 Å². The van der Waals surface area contributed by atoms with Crippen molar-refractivity contribution in [3.63, 3.8) is 0 Å². The van der Waals surface area contributed by atoms with Crippen LogP contribution in [0.4, 0.5) is 0 Å². The molecule has 0 aromatic rings. The summed E-state index contributed by atoms with van der Waals surface area (Å²) in [6.07, 6.45) is 2.22. The van der Waals surface area contributed by atoms with Gasteiger partial charge < -0.3 is 9.84 Å². The lowest BCUT2D eigenvalue weighted by atomic mass is 10.0. The largest absolute Gasteiger partial charge is 0.390 e. The molecule has 0 radical (unpaired) electrons.